The Morgan fingerprint density at radius 1 is 1.56 bits per heavy atom. The number of anilines is 1. The largest absolute Gasteiger partial charge is 0.359 e. The van der Waals surface area contributed by atoms with Gasteiger partial charge in [0.25, 0.3) is 0 Å². The molecule has 0 saturated carbocycles. The van der Waals surface area contributed by atoms with Crippen LogP contribution in [0.3, 0.4) is 0 Å². The zero-order chi connectivity index (χ0) is 13.1. The van der Waals surface area contributed by atoms with Gasteiger partial charge in [-0.05, 0) is 26.9 Å². The van der Waals surface area contributed by atoms with Crippen LogP contribution >= 0.6 is 0 Å². The van der Waals surface area contributed by atoms with Crippen LogP contribution in [0.2, 0.25) is 0 Å². The van der Waals surface area contributed by atoms with Gasteiger partial charge in [0.1, 0.15) is 11.6 Å². The SMILES string of the molecule is CNCCCN(C)c1cc2n[nH]c(=O)n2c(C)n1. The number of hydrogen-bond acceptors (Lipinski definition) is 5. The van der Waals surface area contributed by atoms with Crippen molar-refractivity contribution >= 4 is 11.5 Å². The summed E-state index contributed by atoms with van der Waals surface area (Å²) in [5.41, 5.74) is 0.349. The first-order valence-corrected chi connectivity index (χ1v) is 5.94. The molecule has 0 radical (unpaired) electrons. The highest BCUT2D eigenvalue weighted by atomic mass is 16.1. The maximum atomic E-state index is 11.5. The van der Waals surface area contributed by atoms with Crippen molar-refractivity contribution in [3.05, 3.63) is 22.4 Å². The third kappa shape index (κ3) is 2.35. The molecule has 0 aliphatic rings. The van der Waals surface area contributed by atoms with Crippen LogP contribution in [0.4, 0.5) is 5.82 Å². The van der Waals surface area contributed by atoms with Gasteiger partial charge >= 0.3 is 5.69 Å². The number of hydrogen-bond donors (Lipinski definition) is 2. The van der Waals surface area contributed by atoms with Gasteiger partial charge in [0.15, 0.2) is 5.65 Å². The van der Waals surface area contributed by atoms with Crippen molar-refractivity contribution in [2.24, 2.45) is 0 Å². The van der Waals surface area contributed by atoms with E-state index < -0.39 is 0 Å². The Labute approximate surface area is 105 Å². The van der Waals surface area contributed by atoms with Crippen LogP contribution in [0, 0.1) is 6.92 Å². The molecule has 98 valence electrons. The zero-order valence-electron chi connectivity index (χ0n) is 10.9. The first-order chi connectivity index (χ1) is 8.63. The molecule has 0 amide bonds. The lowest BCUT2D eigenvalue weighted by Gasteiger charge is -2.18. The lowest BCUT2D eigenvalue weighted by molar-refractivity contribution is 0.707. The standard InChI is InChI=1S/C11H18N6O/c1-8-13-9(16(3)6-4-5-12-2)7-10-14-15-11(18)17(8)10/h7,12H,4-6H2,1-3H3,(H,15,18). The number of nitrogens with zero attached hydrogens (tertiary/aromatic N) is 4. The summed E-state index contributed by atoms with van der Waals surface area (Å²) in [5, 5.41) is 9.50. The molecule has 2 aromatic heterocycles. The molecule has 7 nitrogen and oxygen atoms in total. The smallest absolute Gasteiger partial charge is 0.349 e. The van der Waals surface area contributed by atoms with Crippen LogP contribution in [-0.2, 0) is 0 Å². The Kier molecular flexibility index (Phi) is 3.61. The highest BCUT2D eigenvalue weighted by Gasteiger charge is 2.09. The molecule has 18 heavy (non-hydrogen) atoms. The van der Waals surface area contributed by atoms with Crippen molar-refractivity contribution in [3.63, 3.8) is 0 Å². The minimum Gasteiger partial charge on any atom is -0.359 e. The number of fused-ring (bicyclic) bond motifs is 1. The highest BCUT2D eigenvalue weighted by molar-refractivity contribution is 5.50. The van der Waals surface area contributed by atoms with Crippen LogP contribution in [-0.4, -0.2) is 46.8 Å². The monoisotopic (exact) mass is 250 g/mol. The molecular weight excluding hydrogens is 232 g/mol. The molecule has 0 spiro atoms. The number of nitrogens with one attached hydrogen (secondary N) is 2. The summed E-state index contributed by atoms with van der Waals surface area (Å²) in [7, 11) is 3.92. The van der Waals surface area contributed by atoms with Crippen molar-refractivity contribution in [1.82, 2.24) is 24.9 Å². The quantitative estimate of drug-likeness (QED) is 0.717. The van der Waals surface area contributed by atoms with Crippen LogP contribution < -0.4 is 15.9 Å². The Hall–Kier alpha value is -1.89. The second-order valence-electron chi connectivity index (χ2n) is 4.26. The second-order valence-corrected chi connectivity index (χ2v) is 4.26. The van der Waals surface area contributed by atoms with Crippen molar-refractivity contribution < 1.29 is 0 Å². The van der Waals surface area contributed by atoms with Crippen molar-refractivity contribution in [1.29, 1.82) is 0 Å². The molecule has 2 N–H and O–H groups in total. The van der Waals surface area contributed by atoms with Gasteiger partial charge in [-0.2, -0.15) is 5.10 Å². The predicted octanol–water partition coefficient (Wildman–Crippen LogP) is -0.228. The molecule has 0 fully saturated rings. The van der Waals surface area contributed by atoms with E-state index in [1.165, 1.54) is 4.40 Å². The molecule has 0 unspecified atom stereocenters. The molecule has 0 aliphatic heterocycles. The molecule has 0 aromatic carbocycles. The fraction of sp³-hybridized carbons (Fsp3) is 0.545. The molecule has 2 rings (SSSR count). The maximum Gasteiger partial charge on any atom is 0.349 e. The van der Waals surface area contributed by atoms with Crippen LogP contribution in [0.15, 0.2) is 10.9 Å². The van der Waals surface area contributed by atoms with E-state index in [1.807, 2.05) is 20.2 Å². The van der Waals surface area contributed by atoms with Gasteiger partial charge in [0, 0.05) is 19.7 Å². The van der Waals surface area contributed by atoms with Gasteiger partial charge in [-0.15, -0.1) is 0 Å². The minimum atomic E-state index is -0.251. The third-order valence-corrected chi connectivity index (χ3v) is 2.87. The number of aryl methyl sites for hydroxylation is 1. The molecule has 2 aromatic rings. The topological polar surface area (TPSA) is 78.3 Å². The van der Waals surface area contributed by atoms with E-state index in [1.54, 1.807) is 6.92 Å². The average Bonchev–Trinajstić information content (AvgIpc) is 2.71. The van der Waals surface area contributed by atoms with Gasteiger partial charge in [0.2, 0.25) is 0 Å². The van der Waals surface area contributed by atoms with Gasteiger partial charge < -0.3 is 10.2 Å². The number of H-pyrrole nitrogens is 1. The fourth-order valence-corrected chi connectivity index (χ4v) is 1.89. The van der Waals surface area contributed by atoms with Gasteiger partial charge in [-0.25, -0.2) is 19.3 Å². The van der Waals surface area contributed by atoms with Gasteiger partial charge in [-0.1, -0.05) is 0 Å². The molecule has 7 heteroatoms. The molecule has 0 aliphatic carbocycles. The first-order valence-electron chi connectivity index (χ1n) is 5.94. The summed E-state index contributed by atoms with van der Waals surface area (Å²) in [6.07, 6.45) is 1.03. The van der Waals surface area contributed by atoms with Crippen LogP contribution in [0.5, 0.6) is 0 Å². The zero-order valence-corrected chi connectivity index (χ0v) is 10.9. The van der Waals surface area contributed by atoms with Crippen LogP contribution in [0.1, 0.15) is 12.2 Å². The Bertz CT molecular complexity index is 587. The molecule has 0 bridgehead atoms. The van der Waals surface area contributed by atoms with E-state index in [-0.39, 0.29) is 5.69 Å². The summed E-state index contributed by atoms with van der Waals surface area (Å²) < 4.78 is 1.46. The Morgan fingerprint density at radius 3 is 3.06 bits per heavy atom. The Morgan fingerprint density at radius 2 is 2.33 bits per heavy atom. The summed E-state index contributed by atoms with van der Waals surface area (Å²) in [6.45, 7) is 3.67. The normalized spacial score (nSPS) is 11.1. The summed E-state index contributed by atoms with van der Waals surface area (Å²) >= 11 is 0. The molecular formula is C11H18N6O. The highest BCUT2D eigenvalue weighted by Crippen LogP contribution is 2.12. The van der Waals surface area contributed by atoms with Gasteiger partial charge in [-0.3, -0.25) is 0 Å². The van der Waals surface area contributed by atoms with E-state index >= 15 is 0 Å². The van der Waals surface area contributed by atoms with Crippen LogP contribution in [0.25, 0.3) is 5.65 Å². The minimum absolute atomic E-state index is 0.251. The maximum absolute atomic E-state index is 11.5. The second kappa shape index (κ2) is 5.18. The number of aromatic nitrogens is 4. The van der Waals surface area contributed by atoms with E-state index in [4.69, 9.17) is 0 Å². The lowest BCUT2D eigenvalue weighted by atomic mass is 10.3. The summed E-state index contributed by atoms with van der Waals surface area (Å²) in [4.78, 5) is 18.0. The lowest BCUT2D eigenvalue weighted by Crippen LogP contribution is -2.24. The molecule has 0 saturated heterocycles. The van der Waals surface area contributed by atoms with E-state index in [0.29, 0.717) is 11.5 Å². The first kappa shape index (κ1) is 12.6. The molecule has 0 atom stereocenters. The average molecular weight is 250 g/mol. The fourth-order valence-electron chi connectivity index (χ4n) is 1.89. The van der Waals surface area contributed by atoms with Crippen molar-refractivity contribution in [2.75, 3.05) is 32.1 Å². The molecule has 2 heterocycles. The summed E-state index contributed by atoms with van der Waals surface area (Å²) in [6, 6.07) is 1.81. The van der Waals surface area contributed by atoms with Crippen molar-refractivity contribution in [2.45, 2.75) is 13.3 Å². The Balaban J connectivity index is 2.26. The van der Waals surface area contributed by atoms with E-state index in [9.17, 15) is 4.79 Å². The third-order valence-electron chi connectivity index (χ3n) is 2.87. The van der Waals surface area contributed by atoms with Crippen molar-refractivity contribution in [3.8, 4) is 0 Å². The number of rotatable bonds is 5. The summed E-state index contributed by atoms with van der Waals surface area (Å²) in [5.74, 6) is 1.47. The number of aromatic amines is 1. The van der Waals surface area contributed by atoms with Gasteiger partial charge in [0.05, 0.1) is 0 Å². The predicted molar refractivity (Wildman–Crippen MR) is 70.2 cm³/mol. The van der Waals surface area contributed by atoms with E-state index in [2.05, 4.69) is 25.4 Å². The van der Waals surface area contributed by atoms with E-state index in [0.717, 1.165) is 25.3 Å².